The number of carbonyl (C=O) groups excluding carboxylic acids is 1. The van der Waals surface area contributed by atoms with Crippen molar-refractivity contribution in [3.05, 3.63) is 35.0 Å². The van der Waals surface area contributed by atoms with Gasteiger partial charge in [0.2, 0.25) is 17.8 Å². The number of anilines is 3. The summed E-state index contributed by atoms with van der Waals surface area (Å²) in [6.07, 6.45) is 6.97. The Bertz CT molecular complexity index is 1280. The van der Waals surface area contributed by atoms with E-state index in [1.54, 1.807) is 6.20 Å². The van der Waals surface area contributed by atoms with Gasteiger partial charge in [0.25, 0.3) is 0 Å². The standard InChI is InChI=1S/C24H28ClF2N7O2/c25-16-8-9-17(20(27)19(16)26)31-24-32-18-11-29-23(30-13-2-1-3-15(35)10-13)33-22(18)34(24)14-6-4-12(5-7-14)21(28)36/h8-9,11-15,35H,1-7,10H2,(H2,28,36)(H,31,32)(H,29,30,33)/t12?,13?,14?,15-/m1/s1. The average Bonchev–Trinajstić information content (AvgIpc) is 3.21. The topological polar surface area (TPSA) is 131 Å². The summed E-state index contributed by atoms with van der Waals surface area (Å²) in [5, 5.41) is 15.9. The summed E-state index contributed by atoms with van der Waals surface area (Å²) in [4.78, 5) is 25.4. The molecular formula is C24H28ClF2N7O2. The van der Waals surface area contributed by atoms with Crippen molar-refractivity contribution in [1.29, 1.82) is 0 Å². The van der Waals surface area contributed by atoms with Crippen molar-refractivity contribution in [2.45, 2.75) is 69.6 Å². The lowest BCUT2D eigenvalue weighted by Crippen LogP contribution is -2.30. The number of halogens is 3. The predicted octanol–water partition coefficient (Wildman–Crippen LogP) is 4.43. The van der Waals surface area contributed by atoms with Crippen LogP contribution in [0.4, 0.5) is 26.4 Å². The van der Waals surface area contributed by atoms with Gasteiger partial charge >= 0.3 is 0 Å². The lowest BCUT2D eigenvalue weighted by Gasteiger charge is -2.29. The minimum atomic E-state index is -1.15. The van der Waals surface area contributed by atoms with Crippen LogP contribution in [-0.4, -0.2) is 42.7 Å². The second-order valence-corrected chi connectivity index (χ2v) is 10.0. The summed E-state index contributed by atoms with van der Waals surface area (Å²) in [5.41, 5.74) is 6.42. The van der Waals surface area contributed by atoms with Crippen molar-refractivity contribution < 1.29 is 18.7 Å². The van der Waals surface area contributed by atoms with E-state index in [1.165, 1.54) is 12.1 Å². The second kappa shape index (κ2) is 10.1. The van der Waals surface area contributed by atoms with Crippen LogP contribution in [0, 0.1) is 17.6 Å². The Morgan fingerprint density at radius 2 is 1.89 bits per heavy atom. The highest BCUT2D eigenvalue weighted by Crippen LogP contribution is 2.37. The van der Waals surface area contributed by atoms with Gasteiger partial charge in [-0.15, -0.1) is 0 Å². The summed E-state index contributed by atoms with van der Waals surface area (Å²) in [5.74, 6) is -2.07. The highest BCUT2D eigenvalue weighted by Gasteiger charge is 2.30. The third-order valence-electron chi connectivity index (χ3n) is 7.16. The fraction of sp³-hybridized carbons (Fsp3) is 0.500. The molecule has 5 N–H and O–H groups in total. The van der Waals surface area contributed by atoms with Crippen molar-refractivity contribution in [2.75, 3.05) is 10.6 Å². The van der Waals surface area contributed by atoms with Crippen LogP contribution in [0.1, 0.15) is 57.4 Å². The first kappa shape index (κ1) is 24.6. The number of nitrogens with zero attached hydrogens (tertiary/aromatic N) is 4. The summed E-state index contributed by atoms with van der Waals surface area (Å²) in [6.45, 7) is 0. The van der Waals surface area contributed by atoms with Crippen molar-refractivity contribution in [3.63, 3.8) is 0 Å². The number of nitrogens with two attached hydrogens (primary N) is 1. The van der Waals surface area contributed by atoms with Gasteiger partial charge in [0.15, 0.2) is 17.3 Å². The molecular weight excluding hydrogens is 492 g/mol. The molecule has 0 spiro atoms. The van der Waals surface area contributed by atoms with E-state index in [-0.39, 0.29) is 46.7 Å². The van der Waals surface area contributed by atoms with E-state index in [0.29, 0.717) is 49.2 Å². The molecule has 9 nitrogen and oxygen atoms in total. The molecule has 0 bridgehead atoms. The first-order valence-corrected chi connectivity index (χ1v) is 12.6. The lowest BCUT2D eigenvalue weighted by molar-refractivity contribution is -0.122. The van der Waals surface area contributed by atoms with Crippen molar-refractivity contribution in [2.24, 2.45) is 11.7 Å². The van der Waals surface area contributed by atoms with Crippen LogP contribution in [0.2, 0.25) is 5.02 Å². The molecule has 0 aliphatic heterocycles. The van der Waals surface area contributed by atoms with Crippen LogP contribution in [0.25, 0.3) is 11.2 Å². The molecule has 2 aliphatic carbocycles. The maximum absolute atomic E-state index is 14.6. The smallest absolute Gasteiger partial charge is 0.224 e. The van der Waals surface area contributed by atoms with Crippen LogP contribution >= 0.6 is 11.6 Å². The van der Waals surface area contributed by atoms with E-state index in [2.05, 4.69) is 20.6 Å². The fourth-order valence-corrected chi connectivity index (χ4v) is 5.38. The average molecular weight is 520 g/mol. The molecule has 2 fully saturated rings. The number of primary amides is 1. The van der Waals surface area contributed by atoms with Crippen LogP contribution in [0.3, 0.4) is 0 Å². The third-order valence-corrected chi connectivity index (χ3v) is 7.45. The summed E-state index contributed by atoms with van der Waals surface area (Å²) < 4.78 is 30.6. The van der Waals surface area contributed by atoms with Gasteiger partial charge in [0, 0.05) is 18.0 Å². The van der Waals surface area contributed by atoms with Gasteiger partial charge in [-0.1, -0.05) is 11.6 Å². The van der Waals surface area contributed by atoms with E-state index < -0.39 is 11.6 Å². The Labute approximate surface area is 211 Å². The van der Waals surface area contributed by atoms with Crippen molar-refractivity contribution in [3.8, 4) is 0 Å². The zero-order valence-electron chi connectivity index (χ0n) is 19.6. The monoisotopic (exact) mass is 519 g/mol. The minimum Gasteiger partial charge on any atom is -0.393 e. The number of benzene rings is 1. The number of aromatic nitrogens is 4. The molecule has 0 saturated heterocycles. The van der Waals surface area contributed by atoms with Gasteiger partial charge < -0.3 is 21.5 Å². The van der Waals surface area contributed by atoms with Crippen LogP contribution < -0.4 is 16.4 Å². The highest BCUT2D eigenvalue weighted by molar-refractivity contribution is 6.30. The van der Waals surface area contributed by atoms with Crippen molar-refractivity contribution in [1.82, 2.24) is 19.5 Å². The molecule has 2 aliphatic rings. The first-order valence-electron chi connectivity index (χ1n) is 12.2. The Balaban J connectivity index is 1.51. The summed E-state index contributed by atoms with van der Waals surface area (Å²) in [7, 11) is 0. The van der Waals surface area contributed by atoms with Crippen LogP contribution in [-0.2, 0) is 4.79 Å². The number of hydrogen-bond acceptors (Lipinski definition) is 7. The van der Waals surface area contributed by atoms with Gasteiger partial charge in [-0.25, -0.2) is 18.7 Å². The SMILES string of the molecule is NC(=O)C1CCC(n2c(Nc3ccc(Cl)c(F)c3F)nc3cnc(NC4CCC[C@@H](O)C4)nc32)CC1. The molecule has 1 amide bonds. The molecule has 2 saturated carbocycles. The third kappa shape index (κ3) is 4.94. The number of fused-ring (bicyclic) bond motifs is 1. The van der Waals surface area contributed by atoms with Crippen molar-refractivity contribution >= 4 is 46.3 Å². The minimum absolute atomic E-state index is 0.0531. The quantitative estimate of drug-likeness (QED) is 0.354. The Hall–Kier alpha value is -3.05. The number of aliphatic hydroxyl groups excluding tert-OH is 1. The number of carbonyl (C=O) groups is 1. The molecule has 5 rings (SSSR count). The number of rotatable bonds is 6. The van der Waals surface area contributed by atoms with E-state index in [4.69, 9.17) is 22.3 Å². The van der Waals surface area contributed by atoms with Crippen LogP contribution in [0.15, 0.2) is 18.3 Å². The van der Waals surface area contributed by atoms with E-state index in [0.717, 1.165) is 19.3 Å². The molecule has 12 heteroatoms. The van der Waals surface area contributed by atoms with Gasteiger partial charge in [-0.3, -0.25) is 9.36 Å². The number of aliphatic hydroxyl groups is 1. The highest BCUT2D eigenvalue weighted by atomic mass is 35.5. The maximum atomic E-state index is 14.6. The zero-order valence-corrected chi connectivity index (χ0v) is 20.3. The van der Waals surface area contributed by atoms with E-state index in [1.807, 2.05) is 4.57 Å². The number of amides is 1. The maximum Gasteiger partial charge on any atom is 0.224 e. The van der Waals surface area contributed by atoms with E-state index >= 15 is 0 Å². The van der Waals surface area contributed by atoms with Crippen LogP contribution in [0.5, 0.6) is 0 Å². The van der Waals surface area contributed by atoms with Gasteiger partial charge in [0.1, 0.15) is 5.52 Å². The molecule has 192 valence electrons. The molecule has 3 aromatic rings. The summed E-state index contributed by atoms with van der Waals surface area (Å²) >= 11 is 5.71. The predicted molar refractivity (Wildman–Crippen MR) is 132 cm³/mol. The Kier molecular flexibility index (Phi) is 6.94. The fourth-order valence-electron chi connectivity index (χ4n) is 5.23. The Morgan fingerprint density at radius 1 is 1.11 bits per heavy atom. The first-order chi connectivity index (χ1) is 17.3. The van der Waals surface area contributed by atoms with E-state index in [9.17, 15) is 18.7 Å². The van der Waals surface area contributed by atoms with Gasteiger partial charge in [0.05, 0.1) is 23.0 Å². The van der Waals surface area contributed by atoms with Gasteiger partial charge in [-0.2, -0.15) is 4.98 Å². The molecule has 1 aromatic carbocycles. The number of nitrogens with one attached hydrogen (secondary N) is 2. The zero-order chi connectivity index (χ0) is 25.4. The molecule has 36 heavy (non-hydrogen) atoms. The second-order valence-electron chi connectivity index (χ2n) is 9.63. The molecule has 0 radical (unpaired) electrons. The Morgan fingerprint density at radius 3 is 2.61 bits per heavy atom. The number of imidazole rings is 1. The molecule has 1 unspecified atom stereocenters. The molecule has 2 atom stereocenters. The number of hydrogen-bond donors (Lipinski definition) is 4. The molecule has 2 heterocycles. The van der Waals surface area contributed by atoms with Gasteiger partial charge in [-0.05, 0) is 63.5 Å². The largest absolute Gasteiger partial charge is 0.393 e. The normalized spacial score (nSPS) is 24.6. The lowest BCUT2D eigenvalue weighted by atomic mass is 9.85. The summed E-state index contributed by atoms with van der Waals surface area (Å²) in [6, 6.07) is 2.58. The molecule has 2 aromatic heterocycles.